The second-order valence-electron chi connectivity index (χ2n) is 14.8. The van der Waals surface area contributed by atoms with E-state index in [-0.39, 0.29) is 32.2 Å². The number of unbranched alkanes of at least 4 members (excludes halogenated alkanes) is 10. The zero-order valence-corrected chi connectivity index (χ0v) is 35.9. The van der Waals surface area contributed by atoms with Gasteiger partial charge in [-0.05, 0) is 70.6 Å². The molecular weight excluding hydrogens is 717 g/mol. The SMILES string of the molecule is CCCCCC/C=C\CCCCCCCC(=O)OC[C@H](COP(=O)(O)OCC[N+](C)(C)C)OC(=O)CCC/C=C\C/C=C\C/C=C\C/C=C\C=C\[C@H](O)CC. The summed E-state index contributed by atoms with van der Waals surface area (Å²) >= 11 is 0. The molecule has 2 N–H and O–H groups in total. The van der Waals surface area contributed by atoms with Crippen LogP contribution in [-0.4, -0.2) is 86.1 Å². The predicted molar refractivity (Wildman–Crippen MR) is 225 cm³/mol. The third kappa shape index (κ3) is 39.4. The zero-order valence-electron chi connectivity index (χ0n) is 35.0. The number of esters is 2. The first-order valence-electron chi connectivity index (χ1n) is 20.8. The lowest BCUT2D eigenvalue weighted by Gasteiger charge is -2.24. The van der Waals surface area contributed by atoms with Gasteiger partial charge in [0, 0.05) is 12.8 Å². The summed E-state index contributed by atoms with van der Waals surface area (Å²) in [5, 5.41) is 9.48. The van der Waals surface area contributed by atoms with Gasteiger partial charge in [-0.15, -0.1) is 0 Å². The molecule has 0 saturated heterocycles. The Morgan fingerprint density at radius 1 is 0.655 bits per heavy atom. The molecule has 0 aliphatic carbocycles. The molecule has 0 fully saturated rings. The summed E-state index contributed by atoms with van der Waals surface area (Å²) < 4.78 is 34.1. The Hall–Kier alpha value is -2.59. The minimum absolute atomic E-state index is 0.00968. The monoisotopic (exact) mass is 795 g/mol. The van der Waals surface area contributed by atoms with E-state index >= 15 is 0 Å². The van der Waals surface area contributed by atoms with Crippen molar-refractivity contribution in [3.05, 3.63) is 72.9 Å². The van der Waals surface area contributed by atoms with Crippen molar-refractivity contribution in [3.63, 3.8) is 0 Å². The van der Waals surface area contributed by atoms with Crippen LogP contribution in [-0.2, 0) is 32.7 Å². The number of aliphatic hydroxyl groups is 1. The van der Waals surface area contributed by atoms with Crippen LogP contribution in [0.15, 0.2) is 72.9 Å². The lowest BCUT2D eigenvalue weighted by atomic mass is 10.1. The van der Waals surface area contributed by atoms with Gasteiger partial charge in [0.2, 0.25) is 0 Å². The van der Waals surface area contributed by atoms with Crippen molar-refractivity contribution in [1.29, 1.82) is 0 Å². The first-order chi connectivity index (χ1) is 26.4. The summed E-state index contributed by atoms with van der Waals surface area (Å²) in [4.78, 5) is 35.3. The number of allylic oxidation sites excluding steroid dienone is 11. The van der Waals surface area contributed by atoms with E-state index in [1.807, 2.05) is 58.4 Å². The van der Waals surface area contributed by atoms with Gasteiger partial charge in [-0.1, -0.05) is 125 Å². The third-order valence-corrected chi connectivity index (χ3v) is 9.36. The van der Waals surface area contributed by atoms with E-state index in [0.717, 1.165) is 51.4 Å². The number of nitrogens with zero attached hydrogens (tertiary/aromatic N) is 1. The van der Waals surface area contributed by atoms with Crippen LogP contribution >= 0.6 is 7.82 Å². The number of quaternary nitrogens is 1. The van der Waals surface area contributed by atoms with Crippen molar-refractivity contribution in [2.75, 3.05) is 47.5 Å². The fraction of sp³-hybridized carbons (Fsp3) is 0.682. The number of likely N-dealkylation sites (N-methyl/N-ethyl adjacent to an activating group) is 1. The zero-order chi connectivity index (χ0) is 40.9. The first kappa shape index (κ1) is 52.4. The van der Waals surface area contributed by atoms with E-state index in [2.05, 4.69) is 43.4 Å². The van der Waals surface area contributed by atoms with Crippen LogP contribution in [0.2, 0.25) is 0 Å². The Morgan fingerprint density at radius 3 is 1.84 bits per heavy atom. The molecule has 1 unspecified atom stereocenters. The Balaban J connectivity index is 4.55. The van der Waals surface area contributed by atoms with Gasteiger partial charge < -0.3 is 24.0 Å². The number of phosphoric ester groups is 1. The number of carbonyl (C=O) groups is 2. The molecule has 0 heterocycles. The minimum atomic E-state index is -4.40. The Bertz CT molecular complexity index is 1190. The Kier molecular flexibility index (Phi) is 34.1. The summed E-state index contributed by atoms with van der Waals surface area (Å²) in [6, 6.07) is 0. The normalized spacial score (nSPS) is 15.0. The topological polar surface area (TPSA) is 129 Å². The van der Waals surface area contributed by atoms with E-state index in [0.29, 0.717) is 36.7 Å². The van der Waals surface area contributed by atoms with Crippen molar-refractivity contribution in [3.8, 4) is 0 Å². The van der Waals surface area contributed by atoms with Crippen molar-refractivity contribution in [2.24, 2.45) is 0 Å². The molecule has 0 amide bonds. The van der Waals surface area contributed by atoms with Crippen LogP contribution in [0.5, 0.6) is 0 Å². The van der Waals surface area contributed by atoms with Gasteiger partial charge in [0.05, 0.1) is 33.9 Å². The Labute approximate surface area is 334 Å². The molecule has 0 aliphatic heterocycles. The summed E-state index contributed by atoms with van der Waals surface area (Å²) in [6.45, 7) is 3.96. The van der Waals surface area contributed by atoms with E-state index in [4.69, 9.17) is 18.5 Å². The van der Waals surface area contributed by atoms with Crippen molar-refractivity contribution in [2.45, 2.75) is 148 Å². The molecule has 0 aromatic heterocycles. The van der Waals surface area contributed by atoms with Crippen molar-refractivity contribution < 1.29 is 47.2 Å². The van der Waals surface area contributed by atoms with Gasteiger partial charge in [-0.25, -0.2) is 4.57 Å². The first-order valence-corrected chi connectivity index (χ1v) is 22.3. The number of phosphoric acid groups is 1. The number of aliphatic hydroxyl groups excluding tert-OH is 1. The number of rotatable bonds is 36. The highest BCUT2D eigenvalue weighted by molar-refractivity contribution is 7.47. The highest BCUT2D eigenvalue weighted by Crippen LogP contribution is 2.43. The Morgan fingerprint density at radius 2 is 1.20 bits per heavy atom. The number of carbonyl (C=O) groups excluding carboxylic acids is 2. The maximum absolute atomic E-state index is 12.6. The fourth-order valence-corrected chi connectivity index (χ4v) is 5.68. The van der Waals surface area contributed by atoms with Crippen LogP contribution in [0.1, 0.15) is 136 Å². The van der Waals surface area contributed by atoms with E-state index < -0.39 is 32.5 Å². The molecular formula is C44H77NO9P+. The van der Waals surface area contributed by atoms with Gasteiger partial charge in [0.15, 0.2) is 6.10 Å². The molecule has 10 nitrogen and oxygen atoms in total. The quantitative estimate of drug-likeness (QED) is 0.0159. The summed E-state index contributed by atoms with van der Waals surface area (Å²) in [6.07, 6.45) is 40.5. The number of ether oxygens (including phenoxy) is 2. The third-order valence-electron chi connectivity index (χ3n) is 8.38. The summed E-state index contributed by atoms with van der Waals surface area (Å²) in [5.74, 6) is -0.905. The molecule has 0 bridgehead atoms. The molecule has 0 aromatic rings. The van der Waals surface area contributed by atoms with Gasteiger partial charge >= 0.3 is 19.8 Å². The molecule has 3 atom stereocenters. The molecule has 316 valence electrons. The van der Waals surface area contributed by atoms with Crippen LogP contribution in [0.25, 0.3) is 0 Å². The molecule has 11 heteroatoms. The average Bonchev–Trinajstić information content (AvgIpc) is 3.13. The largest absolute Gasteiger partial charge is 0.472 e. The molecule has 0 rings (SSSR count). The second kappa shape index (κ2) is 35.8. The van der Waals surface area contributed by atoms with Crippen LogP contribution in [0, 0.1) is 0 Å². The van der Waals surface area contributed by atoms with Gasteiger partial charge in [0.1, 0.15) is 19.8 Å². The fourth-order valence-electron chi connectivity index (χ4n) is 4.93. The maximum Gasteiger partial charge on any atom is 0.472 e. The minimum Gasteiger partial charge on any atom is -0.462 e. The van der Waals surface area contributed by atoms with Gasteiger partial charge in [0.25, 0.3) is 0 Å². The van der Waals surface area contributed by atoms with Crippen LogP contribution in [0.4, 0.5) is 0 Å². The molecule has 0 saturated carbocycles. The highest BCUT2D eigenvalue weighted by atomic mass is 31.2. The lowest BCUT2D eigenvalue weighted by Crippen LogP contribution is -2.37. The van der Waals surface area contributed by atoms with Crippen molar-refractivity contribution >= 4 is 19.8 Å². The van der Waals surface area contributed by atoms with Crippen molar-refractivity contribution in [1.82, 2.24) is 0 Å². The number of hydrogen-bond acceptors (Lipinski definition) is 8. The van der Waals surface area contributed by atoms with E-state index in [1.165, 1.54) is 32.1 Å². The number of hydrogen-bond donors (Lipinski definition) is 2. The molecule has 0 spiro atoms. The van der Waals surface area contributed by atoms with E-state index in [9.17, 15) is 24.2 Å². The lowest BCUT2D eigenvalue weighted by molar-refractivity contribution is -0.870. The molecule has 0 aliphatic rings. The smallest absolute Gasteiger partial charge is 0.462 e. The highest BCUT2D eigenvalue weighted by Gasteiger charge is 2.27. The van der Waals surface area contributed by atoms with Gasteiger partial charge in [-0.3, -0.25) is 18.6 Å². The van der Waals surface area contributed by atoms with Crippen LogP contribution < -0.4 is 0 Å². The molecule has 0 aromatic carbocycles. The summed E-state index contributed by atoms with van der Waals surface area (Å²) in [7, 11) is 1.40. The maximum atomic E-state index is 12.6. The van der Waals surface area contributed by atoms with E-state index in [1.54, 1.807) is 6.08 Å². The standard InChI is InChI=1S/C44H76NO9P/c1-6-8-9-10-11-12-13-16-20-23-26-29-32-35-43(47)51-39-42(40-53-55(49,50)52-38-37-45(3,4)5)54-44(48)36-33-30-27-24-21-18-15-14-17-19-22-25-28-31-34-41(46)7-2/h12-13,15,17-19,24-25,27-28,31,34,41-42,46H,6-11,14,16,20-23,26,29-30,32-33,35-40H2,1-5H3/p+1/b13-12-,18-15-,19-17-,27-24-,28-25-,34-31+/t41-,42-/m1/s1. The summed E-state index contributed by atoms with van der Waals surface area (Å²) in [5.41, 5.74) is 0. The second-order valence-corrected chi connectivity index (χ2v) is 16.3. The van der Waals surface area contributed by atoms with Gasteiger partial charge in [-0.2, -0.15) is 0 Å². The van der Waals surface area contributed by atoms with Crippen LogP contribution in [0.3, 0.4) is 0 Å². The molecule has 55 heavy (non-hydrogen) atoms. The predicted octanol–water partition coefficient (Wildman–Crippen LogP) is 10.4. The average molecular weight is 795 g/mol. The molecule has 0 radical (unpaired) electrons.